The molecule has 1 heterocycles. The number of aromatic nitrogens is 2. The maximum Gasteiger partial charge on any atom is 0.320 e. The minimum atomic E-state index is -0.475. The van der Waals surface area contributed by atoms with Crippen LogP contribution in [0.2, 0.25) is 5.02 Å². The zero-order valence-electron chi connectivity index (χ0n) is 11.2. The molecule has 6 nitrogen and oxygen atoms in total. The number of hydrogen-bond donors (Lipinski definition) is 3. The first-order valence-corrected chi connectivity index (χ1v) is 7.18. The molecule has 3 rings (SSSR count). The fourth-order valence-electron chi connectivity index (χ4n) is 2.50. The summed E-state index contributed by atoms with van der Waals surface area (Å²) in [4.78, 5) is 20.4. The van der Waals surface area contributed by atoms with E-state index >= 15 is 0 Å². The summed E-state index contributed by atoms with van der Waals surface area (Å²) in [7, 11) is 0. The van der Waals surface area contributed by atoms with E-state index in [1.165, 1.54) is 6.20 Å². The van der Waals surface area contributed by atoms with Crippen LogP contribution in [0.5, 0.6) is 0 Å². The lowest BCUT2D eigenvalue weighted by molar-refractivity contribution is 0.151. The summed E-state index contributed by atoms with van der Waals surface area (Å²) >= 11 is 6.01. The van der Waals surface area contributed by atoms with E-state index in [0.717, 1.165) is 19.3 Å². The second-order valence-electron chi connectivity index (χ2n) is 5.07. The van der Waals surface area contributed by atoms with Gasteiger partial charge in [0.25, 0.3) is 0 Å². The molecule has 21 heavy (non-hydrogen) atoms. The predicted molar refractivity (Wildman–Crippen MR) is 80.3 cm³/mol. The molecule has 1 aliphatic rings. The van der Waals surface area contributed by atoms with Crippen molar-refractivity contribution >= 4 is 34.5 Å². The molecular weight excluding hydrogens is 292 g/mol. The molecule has 2 amide bonds. The smallest absolute Gasteiger partial charge is 0.320 e. The predicted octanol–water partition coefficient (Wildman–Crippen LogP) is 2.32. The molecule has 7 heteroatoms. The van der Waals surface area contributed by atoms with Gasteiger partial charge in [0.1, 0.15) is 5.52 Å². The highest BCUT2D eigenvalue weighted by Crippen LogP contribution is 2.21. The van der Waals surface area contributed by atoms with Crippen LogP contribution in [0.25, 0.3) is 11.0 Å². The summed E-state index contributed by atoms with van der Waals surface area (Å²) in [6, 6.07) is 4.69. The zero-order chi connectivity index (χ0) is 14.8. The van der Waals surface area contributed by atoms with Gasteiger partial charge in [-0.3, -0.25) is 5.32 Å². The third-order valence-corrected chi connectivity index (χ3v) is 3.86. The number of carbonyl (C=O) groups excluding carboxylic acids is 1. The van der Waals surface area contributed by atoms with Crippen molar-refractivity contribution in [3.05, 3.63) is 29.4 Å². The van der Waals surface area contributed by atoms with E-state index in [0.29, 0.717) is 21.9 Å². The lowest BCUT2D eigenvalue weighted by Gasteiger charge is -2.16. The van der Waals surface area contributed by atoms with Crippen molar-refractivity contribution in [1.82, 2.24) is 15.3 Å². The monoisotopic (exact) mass is 306 g/mol. The molecule has 0 saturated heterocycles. The molecule has 1 aromatic carbocycles. The van der Waals surface area contributed by atoms with Crippen molar-refractivity contribution in [3.8, 4) is 0 Å². The van der Waals surface area contributed by atoms with Crippen LogP contribution in [0.15, 0.2) is 24.4 Å². The van der Waals surface area contributed by atoms with Crippen LogP contribution in [0.3, 0.4) is 0 Å². The lowest BCUT2D eigenvalue weighted by Crippen LogP contribution is -2.42. The number of anilines is 1. The number of fused-ring (bicyclic) bond motifs is 1. The second kappa shape index (κ2) is 5.83. The minimum absolute atomic E-state index is 0.201. The fraction of sp³-hybridized carbons (Fsp3) is 0.357. The van der Waals surface area contributed by atoms with Gasteiger partial charge in [-0.15, -0.1) is 0 Å². The molecular formula is C14H15ClN4O2. The Bertz CT molecular complexity index is 679. The van der Waals surface area contributed by atoms with Gasteiger partial charge in [-0.05, 0) is 31.4 Å². The number of urea groups is 1. The molecule has 0 spiro atoms. The van der Waals surface area contributed by atoms with Crippen LogP contribution < -0.4 is 10.6 Å². The molecule has 1 aromatic heterocycles. The van der Waals surface area contributed by atoms with Gasteiger partial charge in [-0.1, -0.05) is 17.7 Å². The van der Waals surface area contributed by atoms with Crippen LogP contribution in [0.1, 0.15) is 19.3 Å². The van der Waals surface area contributed by atoms with Crippen molar-refractivity contribution < 1.29 is 9.90 Å². The molecule has 110 valence electrons. The molecule has 2 aromatic rings. The van der Waals surface area contributed by atoms with Crippen LogP contribution in [-0.2, 0) is 0 Å². The first-order chi connectivity index (χ1) is 10.1. The summed E-state index contributed by atoms with van der Waals surface area (Å²) in [5, 5.41) is 15.6. The highest BCUT2D eigenvalue weighted by atomic mass is 35.5. The third-order valence-electron chi connectivity index (χ3n) is 3.56. The Kier molecular flexibility index (Phi) is 3.90. The summed E-state index contributed by atoms with van der Waals surface area (Å²) in [6.07, 6.45) is 3.41. The highest BCUT2D eigenvalue weighted by Gasteiger charge is 2.26. The van der Waals surface area contributed by atoms with Crippen molar-refractivity contribution in [1.29, 1.82) is 0 Å². The van der Waals surface area contributed by atoms with E-state index in [4.69, 9.17) is 11.6 Å². The van der Waals surface area contributed by atoms with Gasteiger partial charge < -0.3 is 10.4 Å². The van der Waals surface area contributed by atoms with Crippen molar-refractivity contribution in [2.45, 2.75) is 31.4 Å². The Hall–Kier alpha value is -1.92. The molecule has 0 unspecified atom stereocenters. The van der Waals surface area contributed by atoms with E-state index in [-0.39, 0.29) is 6.04 Å². The Labute approximate surface area is 126 Å². The molecule has 0 radical (unpaired) electrons. The summed E-state index contributed by atoms with van der Waals surface area (Å²) < 4.78 is 0. The molecule has 0 bridgehead atoms. The number of aliphatic hydroxyl groups excluding tert-OH is 1. The maximum absolute atomic E-state index is 11.9. The van der Waals surface area contributed by atoms with Gasteiger partial charge in [0.05, 0.1) is 28.9 Å². The van der Waals surface area contributed by atoms with E-state index < -0.39 is 12.1 Å². The summed E-state index contributed by atoms with van der Waals surface area (Å²) in [5.41, 5.74) is 1.21. The Morgan fingerprint density at radius 2 is 2.24 bits per heavy atom. The van der Waals surface area contributed by atoms with Gasteiger partial charge in [-0.2, -0.15) is 0 Å². The number of nitrogens with zero attached hydrogens (tertiary/aromatic N) is 2. The topological polar surface area (TPSA) is 87.1 Å². The standard InChI is InChI=1S/C14H15ClN4O2/c15-8-3-1-5-10-13(8)16-7-12(17-10)19-14(21)18-9-4-2-6-11(9)20/h1,3,5,7,9,11,20H,2,4,6H2,(H2,17,18,19,21)/t9-,11+/m0/s1. The van der Waals surface area contributed by atoms with E-state index in [1.807, 2.05) is 0 Å². The van der Waals surface area contributed by atoms with E-state index in [9.17, 15) is 9.90 Å². The average Bonchev–Trinajstić information content (AvgIpc) is 2.84. The highest BCUT2D eigenvalue weighted by molar-refractivity contribution is 6.34. The molecule has 2 atom stereocenters. The number of carbonyl (C=O) groups is 1. The van der Waals surface area contributed by atoms with Gasteiger partial charge in [0.15, 0.2) is 5.82 Å². The largest absolute Gasteiger partial charge is 0.391 e. The van der Waals surface area contributed by atoms with Crippen molar-refractivity contribution in [3.63, 3.8) is 0 Å². The molecule has 3 N–H and O–H groups in total. The van der Waals surface area contributed by atoms with Gasteiger partial charge in [0, 0.05) is 0 Å². The van der Waals surface area contributed by atoms with Crippen molar-refractivity contribution in [2.75, 3.05) is 5.32 Å². The van der Waals surface area contributed by atoms with Crippen LogP contribution in [0.4, 0.5) is 10.6 Å². The Morgan fingerprint density at radius 1 is 1.38 bits per heavy atom. The number of para-hydroxylation sites is 1. The first-order valence-electron chi connectivity index (χ1n) is 6.80. The molecule has 0 aliphatic heterocycles. The van der Waals surface area contributed by atoms with Crippen LogP contribution in [0, 0.1) is 0 Å². The Balaban J connectivity index is 1.71. The number of halogens is 1. The first kappa shape index (κ1) is 14.0. The molecule has 1 fully saturated rings. The summed E-state index contributed by atoms with van der Waals surface area (Å²) in [6.45, 7) is 0. The number of benzene rings is 1. The minimum Gasteiger partial charge on any atom is -0.391 e. The quantitative estimate of drug-likeness (QED) is 0.794. The number of amides is 2. The Morgan fingerprint density at radius 3 is 3.00 bits per heavy atom. The average molecular weight is 307 g/mol. The van der Waals surface area contributed by atoms with Gasteiger partial charge >= 0.3 is 6.03 Å². The number of rotatable bonds is 2. The lowest BCUT2D eigenvalue weighted by atomic mass is 10.2. The van der Waals surface area contributed by atoms with E-state index in [2.05, 4.69) is 20.6 Å². The zero-order valence-corrected chi connectivity index (χ0v) is 12.0. The molecule has 1 saturated carbocycles. The number of aliphatic hydroxyl groups is 1. The fourth-order valence-corrected chi connectivity index (χ4v) is 2.71. The number of hydrogen-bond acceptors (Lipinski definition) is 4. The van der Waals surface area contributed by atoms with Crippen molar-refractivity contribution in [2.24, 2.45) is 0 Å². The van der Waals surface area contributed by atoms with Gasteiger partial charge in [-0.25, -0.2) is 14.8 Å². The van der Waals surface area contributed by atoms with E-state index in [1.54, 1.807) is 18.2 Å². The summed E-state index contributed by atoms with van der Waals surface area (Å²) in [5.74, 6) is 0.342. The molecule has 1 aliphatic carbocycles. The van der Waals surface area contributed by atoms with Gasteiger partial charge in [0.2, 0.25) is 0 Å². The number of nitrogens with one attached hydrogen (secondary N) is 2. The maximum atomic E-state index is 11.9. The normalized spacial score (nSPS) is 21.4. The SMILES string of the molecule is O=C(Nc1cnc2c(Cl)cccc2n1)N[C@H]1CCC[C@H]1O. The van der Waals surface area contributed by atoms with Crippen LogP contribution >= 0.6 is 11.6 Å². The third kappa shape index (κ3) is 3.06. The second-order valence-corrected chi connectivity index (χ2v) is 5.47. The van der Waals surface area contributed by atoms with Crippen LogP contribution in [-0.4, -0.2) is 33.3 Å².